The van der Waals surface area contributed by atoms with Crippen molar-refractivity contribution in [3.8, 4) is 5.75 Å². The van der Waals surface area contributed by atoms with Crippen LogP contribution in [0.15, 0.2) is 24.3 Å². The standard InChI is InChI=1S/C18H25NO5/c1-5-10-22-17(21)23-13-8-6-12(7-9-13)14-11-15(14)19-16(20)24-18(2,3)4/h6-9,14-15H,5,10-11H2,1-4H3,(H,19,20)/t14-,15?/m0/s1. The Morgan fingerprint density at radius 1 is 1.21 bits per heavy atom. The summed E-state index contributed by atoms with van der Waals surface area (Å²) >= 11 is 0. The molecule has 1 aliphatic rings. The second-order valence-corrected chi connectivity index (χ2v) is 6.86. The largest absolute Gasteiger partial charge is 0.513 e. The van der Waals surface area contributed by atoms with Crippen LogP contribution >= 0.6 is 0 Å². The first-order chi connectivity index (χ1) is 11.3. The van der Waals surface area contributed by atoms with Crippen molar-refractivity contribution >= 4 is 12.2 Å². The van der Waals surface area contributed by atoms with Crippen molar-refractivity contribution in [3.63, 3.8) is 0 Å². The van der Waals surface area contributed by atoms with Gasteiger partial charge in [-0.2, -0.15) is 0 Å². The van der Waals surface area contributed by atoms with Crippen LogP contribution in [0.1, 0.15) is 52.0 Å². The van der Waals surface area contributed by atoms with Crippen LogP contribution in [-0.2, 0) is 9.47 Å². The fourth-order valence-corrected chi connectivity index (χ4v) is 2.28. The predicted molar refractivity (Wildman–Crippen MR) is 89.2 cm³/mol. The third-order valence-corrected chi connectivity index (χ3v) is 3.43. The summed E-state index contributed by atoms with van der Waals surface area (Å²) in [6.45, 7) is 7.76. The molecule has 0 spiro atoms. The van der Waals surface area contributed by atoms with Gasteiger partial charge < -0.3 is 19.5 Å². The Hall–Kier alpha value is -2.24. The minimum absolute atomic E-state index is 0.0844. The average molecular weight is 335 g/mol. The molecule has 24 heavy (non-hydrogen) atoms. The Labute approximate surface area is 142 Å². The van der Waals surface area contributed by atoms with Gasteiger partial charge in [0.1, 0.15) is 11.4 Å². The van der Waals surface area contributed by atoms with Gasteiger partial charge >= 0.3 is 12.2 Å². The molecule has 2 atom stereocenters. The van der Waals surface area contributed by atoms with E-state index in [4.69, 9.17) is 14.2 Å². The predicted octanol–water partition coefficient (Wildman–Crippen LogP) is 3.99. The average Bonchev–Trinajstić information content (AvgIpc) is 3.23. The summed E-state index contributed by atoms with van der Waals surface area (Å²) in [5.74, 6) is 0.704. The molecule has 6 nitrogen and oxygen atoms in total. The molecule has 0 aromatic heterocycles. The van der Waals surface area contributed by atoms with Gasteiger partial charge in [-0.05, 0) is 51.3 Å². The summed E-state index contributed by atoms with van der Waals surface area (Å²) < 4.78 is 15.2. The second-order valence-electron chi connectivity index (χ2n) is 6.86. The fraction of sp³-hybridized carbons (Fsp3) is 0.556. The highest BCUT2D eigenvalue weighted by Crippen LogP contribution is 2.41. The van der Waals surface area contributed by atoms with E-state index in [1.54, 1.807) is 12.1 Å². The van der Waals surface area contributed by atoms with Gasteiger partial charge in [-0.15, -0.1) is 0 Å². The number of amides is 1. The highest BCUT2D eigenvalue weighted by molar-refractivity contribution is 5.69. The van der Waals surface area contributed by atoms with Crippen LogP contribution in [0.25, 0.3) is 0 Å². The molecular formula is C18H25NO5. The lowest BCUT2D eigenvalue weighted by Crippen LogP contribution is -2.34. The number of hydrogen-bond acceptors (Lipinski definition) is 5. The summed E-state index contributed by atoms with van der Waals surface area (Å²) in [5, 5.41) is 2.86. The van der Waals surface area contributed by atoms with Crippen LogP contribution in [-0.4, -0.2) is 30.5 Å². The van der Waals surface area contributed by atoms with Crippen molar-refractivity contribution in [3.05, 3.63) is 29.8 Å². The third-order valence-electron chi connectivity index (χ3n) is 3.43. The van der Waals surface area contributed by atoms with E-state index in [0.29, 0.717) is 12.4 Å². The summed E-state index contributed by atoms with van der Waals surface area (Å²) in [4.78, 5) is 23.1. The van der Waals surface area contributed by atoms with E-state index in [2.05, 4.69) is 5.32 Å². The van der Waals surface area contributed by atoms with Crippen LogP contribution in [0.4, 0.5) is 9.59 Å². The summed E-state index contributed by atoms with van der Waals surface area (Å²) in [7, 11) is 0. The number of ether oxygens (including phenoxy) is 3. The topological polar surface area (TPSA) is 73.9 Å². The minimum atomic E-state index is -0.694. The number of rotatable bonds is 5. The Bertz CT molecular complexity index is 576. The molecule has 1 unspecified atom stereocenters. The van der Waals surface area contributed by atoms with E-state index < -0.39 is 17.8 Å². The zero-order valence-corrected chi connectivity index (χ0v) is 14.6. The Balaban J connectivity index is 1.80. The Morgan fingerprint density at radius 3 is 2.46 bits per heavy atom. The van der Waals surface area contributed by atoms with Gasteiger partial charge in [-0.25, -0.2) is 9.59 Å². The van der Waals surface area contributed by atoms with E-state index in [1.165, 1.54) is 0 Å². The molecule has 0 heterocycles. The molecule has 0 aliphatic heterocycles. The number of nitrogens with one attached hydrogen (secondary N) is 1. The van der Waals surface area contributed by atoms with Gasteiger partial charge in [0.25, 0.3) is 0 Å². The van der Waals surface area contributed by atoms with Gasteiger partial charge in [0, 0.05) is 12.0 Å². The number of carbonyl (C=O) groups excluding carboxylic acids is 2. The van der Waals surface area contributed by atoms with Crippen molar-refractivity contribution < 1.29 is 23.8 Å². The first kappa shape index (κ1) is 18.1. The molecule has 1 amide bonds. The molecule has 1 aliphatic carbocycles. The summed E-state index contributed by atoms with van der Waals surface area (Å²) in [5.41, 5.74) is 0.588. The van der Waals surface area contributed by atoms with E-state index in [-0.39, 0.29) is 12.0 Å². The molecular weight excluding hydrogens is 310 g/mol. The van der Waals surface area contributed by atoms with Gasteiger partial charge in [-0.1, -0.05) is 19.1 Å². The van der Waals surface area contributed by atoms with Crippen molar-refractivity contribution in [1.82, 2.24) is 5.32 Å². The lowest BCUT2D eigenvalue weighted by molar-refractivity contribution is 0.0522. The smallest absolute Gasteiger partial charge is 0.444 e. The number of carbonyl (C=O) groups is 2. The normalized spacial score (nSPS) is 19.3. The summed E-state index contributed by atoms with van der Waals surface area (Å²) in [6, 6.07) is 7.32. The fourth-order valence-electron chi connectivity index (χ4n) is 2.28. The van der Waals surface area contributed by atoms with Gasteiger partial charge in [0.15, 0.2) is 0 Å². The molecule has 0 saturated heterocycles. The summed E-state index contributed by atoms with van der Waals surface area (Å²) in [6.07, 6.45) is 0.536. The van der Waals surface area contributed by atoms with Gasteiger partial charge in [-0.3, -0.25) is 0 Å². The van der Waals surface area contributed by atoms with Crippen molar-refractivity contribution in [2.75, 3.05) is 6.61 Å². The van der Waals surface area contributed by atoms with E-state index in [1.807, 2.05) is 39.8 Å². The molecule has 2 rings (SSSR count). The molecule has 1 saturated carbocycles. The number of hydrogen-bond donors (Lipinski definition) is 1. The van der Waals surface area contributed by atoms with Crippen LogP contribution in [0.3, 0.4) is 0 Å². The highest BCUT2D eigenvalue weighted by atomic mass is 16.7. The van der Waals surface area contributed by atoms with Gasteiger partial charge in [0.2, 0.25) is 0 Å². The Morgan fingerprint density at radius 2 is 1.88 bits per heavy atom. The molecule has 132 valence electrons. The van der Waals surface area contributed by atoms with E-state index in [9.17, 15) is 9.59 Å². The highest BCUT2D eigenvalue weighted by Gasteiger charge is 2.40. The molecule has 1 N–H and O–H groups in total. The minimum Gasteiger partial charge on any atom is -0.444 e. The van der Waals surface area contributed by atoms with Gasteiger partial charge in [0.05, 0.1) is 6.61 Å². The third kappa shape index (κ3) is 5.76. The number of benzene rings is 1. The lowest BCUT2D eigenvalue weighted by Gasteiger charge is -2.19. The SMILES string of the molecule is CCCOC(=O)Oc1ccc([C@@H]2CC2NC(=O)OC(C)(C)C)cc1. The maximum atomic E-state index is 11.7. The van der Waals surface area contributed by atoms with Crippen molar-refractivity contribution in [2.24, 2.45) is 0 Å². The first-order valence-electron chi connectivity index (χ1n) is 8.22. The van der Waals surface area contributed by atoms with Crippen LogP contribution in [0, 0.1) is 0 Å². The molecule has 6 heteroatoms. The molecule has 1 aromatic rings. The van der Waals surface area contributed by atoms with E-state index >= 15 is 0 Å². The zero-order chi connectivity index (χ0) is 17.7. The van der Waals surface area contributed by atoms with Crippen LogP contribution < -0.4 is 10.1 Å². The first-order valence-corrected chi connectivity index (χ1v) is 8.22. The molecule has 1 aromatic carbocycles. The second kappa shape index (κ2) is 7.55. The quantitative estimate of drug-likeness (QED) is 0.650. The molecule has 0 bridgehead atoms. The molecule has 0 radical (unpaired) electrons. The zero-order valence-electron chi connectivity index (χ0n) is 14.6. The van der Waals surface area contributed by atoms with E-state index in [0.717, 1.165) is 18.4 Å². The monoisotopic (exact) mass is 335 g/mol. The molecule has 1 fully saturated rings. The number of alkyl carbamates (subject to hydrolysis) is 1. The Kier molecular flexibility index (Phi) is 5.70. The van der Waals surface area contributed by atoms with Crippen molar-refractivity contribution in [2.45, 2.75) is 58.1 Å². The maximum absolute atomic E-state index is 11.7. The maximum Gasteiger partial charge on any atom is 0.513 e. The van der Waals surface area contributed by atoms with Crippen molar-refractivity contribution in [1.29, 1.82) is 0 Å². The lowest BCUT2D eigenvalue weighted by atomic mass is 10.1. The van der Waals surface area contributed by atoms with Crippen LogP contribution in [0.5, 0.6) is 5.75 Å². The van der Waals surface area contributed by atoms with Crippen LogP contribution in [0.2, 0.25) is 0 Å².